The largest absolute Gasteiger partial charge is 0.507 e. The first-order chi connectivity index (χ1) is 19.1. The van der Waals surface area contributed by atoms with Crippen molar-refractivity contribution in [2.24, 2.45) is 0 Å². The van der Waals surface area contributed by atoms with Gasteiger partial charge in [-0.3, -0.25) is 10.2 Å². The number of phenolic OH excluding ortho intramolecular Hbond substituents is 1. The van der Waals surface area contributed by atoms with Gasteiger partial charge in [-0.25, -0.2) is 4.79 Å². The molecule has 1 heterocycles. The lowest BCUT2D eigenvalue weighted by molar-refractivity contribution is -0.144. The van der Waals surface area contributed by atoms with Crippen LogP contribution in [-0.4, -0.2) is 37.2 Å². The van der Waals surface area contributed by atoms with Crippen LogP contribution in [0.1, 0.15) is 75.5 Å². The highest BCUT2D eigenvalue weighted by molar-refractivity contribution is 5.97. The maximum atomic E-state index is 13.8. The number of carboxylic acids is 1. The van der Waals surface area contributed by atoms with E-state index >= 15 is 0 Å². The molecule has 0 spiro atoms. The number of carboxylic acid groups (broad SMARTS) is 1. The number of imidazole rings is 1. The average Bonchev–Trinajstić information content (AvgIpc) is 3.14. The Hall–Kier alpha value is -4.04. The maximum Gasteiger partial charge on any atom is 0.344 e. The van der Waals surface area contributed by atoms with E-state index in [2.05, 4.69) is 0 Å². The van der Waals surface area contributed by atoms with Crippen LogP contribution < -0.4 is 10.4 Å². The van der Waals surface area contributed by atoms with Gasteiger partial charge in [-0.05, 0) is 48.1 Å². The van der Waals surface area contributed by atoms with Gasteiger partial charge in [0.05, 0.1) is 24.1 Å². The van der Waals surface area contributed by atoms with E-state index in [1.807, 2.05) is 77.9 Å². The quantitative estimate of drug-likeness (QED) is 0.204. The summed E-state index contributed by atoms with van der Waals surface area (Å²) < 4.78 is 9.16. The molecule has 1 unspecified atom stereocenters. The molecule has 0 aliphatic rings. The third-order valence-corrected chi connectivity index (χ3v) is 7.28. The van der Waals surface area contributed by atoms with Crippen molar-refractivity contribution in [1.82, 2.24) is 9.13 Å². The molecule has 0 aliphatic carbocycles. The lowest BCUT2D eigenvalue weighted by Gasteiger charge is -2.28. The first-order valence-electron chi connectivity index (χ1n) is 13.7. The van der Waals surface area contributed by atoms with Gasteiger partial charge in [-0.15, -0.1) is 12.4 Å². The first kappa shape index (κ1) is 32.5. The molecule has 4 aromatic rings. The van der Waals surface area contributed by atoms with E-state index in [0.717, 1.165) is 16.6 Å². The molecule has 0 radical (unpaired) electrons. The molecular weight excluding hydrogens is 554 g/mol. The molecule has 0 bridgehead atoms. The number of phenols is 1. The summed E-state index contributed by atoms with van der Waals surface area (Å²) >= 11 is 0. The van der Waals surface area contributed by atoms with Gasteiger partial charge in [0.1, 0.15) is 11.5 Å². The molecule has 0 fully saturated rings. The van der Waals surface area contributed by atoms with E-state index in [9.17, 15) is 19.8 Å². The molecule has 0 saturated carbocycles. The Morgan fingerprint density at radius 3 is 1.90 bits per heavy atom. The molecule has 3 N–H and O–H groups in total. The number of ketones is 1. The number of para-hydroxylation sites is 3. The molecule has 9 heteroatoms. The summed E-state index contributed by atoms with van der Waals surface area (Å²) in [6.45, 7) is 13.7. The highest BCUT2D eigenvalue weighted by Crippen LogP contribution is 2.40. The van der Waals surface area contributed by atoms with Crippen LogP contribution in [0.25, 0.3) is 11.0 Å². The van der Waals surface area contributed by atoms with Crippen LogP contribution >= 0.6 is 12.4 Å². The van der Waals surface area contributed by atoms with Crippen molar-refractivity contribution in [3.8, 4) is 11.5 Å². The summed E-state index contributed by atoms with van der Waals surface area (Å²) in [5.74, 6) is -0.593. The maximum absolute atomic E-state index is 13.8. The third-order valence-electron chi connectivity index (χ3n) is 7.28. The molecule has 1 atom stereocenters. The molecule has 0 saturated heterocycles. The monoisotopic (exact) mass is 593 g/mol. The summed E-state index contributed by atoms with van der Waals surface area (Å²) in [5, 5.41) is 29.5. The van der Waals surface area contributed by atoms with E-state index in [-0.39, 0.29) is 53.5 Å². The predicted molar refractivity (Wildman–Crippen MR) is 166 cm³/mol. The van der Waals surface area contributed by atoms with E-state index < -0.39 is 12.1 Å². The van der Waals surface area contributed by atoms with Gasteiger partial charge in [0, 0.05) is 22.3 Å². The Labute approximate surface area is 252 Å². The van der Waals surface area contributed by atoms with Gasteiger partial charge in [-0.2, -0.15) is 0 Å². The van der Waals surface area contributed by atoms with Crippen molar-refractivity contribution >= 4 is 35.2 Å². The smallest absolute Gasteiger partial charge is 0.344 e. The van der Waals surface area contributed by atoms with Crippen LogP contribution in [0.3, 0.4) is 0 Å². The van der Waals surface area contributed by atoms with Crippen molar-refractivity contribution in [3.05, 3.63) is 88.5 Å². The summed E-state index contributed by atoms with van der Waals surface area (Å²) in [7, 11) is 0. The first-order valence-corrected chi connectivity index (χ1v) is 13.7. The molecule has 8 nitrogen and oxygen atoms in total. The SMILES string of the molecule is CC(Oc1ccccc1Cn1c(=N)n(CC(=O)c2cc(C(C)(C)C)c(O)c(C(C)(C)C)c2)c2ccccc21)C(=O)O.Cl. The Morgan fingerprint density at radius 1 is 0.881 bits per heavy atom. The molecule has 3 aromatic carbocycles. The van der Waals surface area contributed by atoms with Crippen molar-refractivity contribution in [3.63, 3.8) is 0 Å². The minimum absolute atomic E-state index is 0. The van der Waals surface area contributed by atoms with Gasteiger partial charge in [0.25, 0.3) is 0 Å². The number of fused-ring (bicyclic) bond motifs is 1. The summed E-state index contributed by atoms with van der Waals surface area (Å²) in [5.41, 5.74) is 3.50. The number of rotatable bonds is 8. The number of aliphatic carboxylic acids is 1. The van der Waals surface area contributed by atoms with Crippen LogP contribution in [0, 0.1) is 5.41 Å². The number of carbonyl (C=O) groups is 2. The van der Waals surface area contributed by atoms with Crippen LogP contribution in [-0.2, 0) is 28.7 Å². The predicted octanol–water partition coefficient (Wildman–Crippen LogP) is 6.43. The average molecular weight is 594 g/mol. The minimum atomic E-state index is -1.07. The Bertz CT molecular complexity index is 1650. The zero-order valence-corrected chi connectivity index (χ0v) is 26.0. The van der Waals surface area contributed by atoms with Crippen LogP contribution in [0.15, 0.2) is 60.7 Å². The second-order valence-electron chi connectivity index (χ2n) is 12.5. The lowest BCUT2D eigenvalue weighted by atomic mass is 9.78. The van der Waals surface area contributed by atoms with Crippen LogP contribution in [0.2, 0.25) is 0 Å². The summed E-state index contributed by atoms with van der Waals surface area (Å²) in [4.78, 5) is 25.2. The standard InChI is InChI=1S/C33H39N3O5.ClH/c1-20(30(39)40)41-28-15-11-8-12-21(28)18-35-25-13-9-10-14-26(25)36(31(35)34)19-27(37)22-16-23(32(2,3)4)29(38)24(17-22)33(5,6)7;/h8-17,20,34,38H,18-19H2,1-7H3,(H,39,40);1H. The lowest BCUT2D eigenvalue weighted by Crippen LogP contribution is -2.28. The molecule has 0 amide bonds. The fourth-order valence-electron chi connectivity index (χ4n) is 4.95. The highest BCUT2D eigenvalue weighted by atomic mass is 35.5. The van der Waals surface area contributed by atoms with E-state index in [0.29, 0.717) is 22.4 Å². The molecule has 4 rings (SSSR count). The molecular formula is C33H40ClN3O5. The Balaban J connectivity index is 0.00000484. The van der Waals surface area contributed by atoms with Crippen molar-refractivity contribution in [2.45, 2.75) is 78.5 Å². The topological polar surface area (TPSA) is 118 Å². The summed E-state index contributed by atoms with van der Waals surface area (Å²) in [6, 6.07) is 18.2. The Morgan fingerprint density at radius 2 is 1.38 bits per heavy atom. The number of halogens is 1. The molecule has 224 valence electrons. The second-order valence-corrected chi connectivity index (χ2v) is 12.5. The normalized spacial score (nSPS) is 12.5. The van der Waals surface area contributed by atoms with Gasteiger partial charge in [0.2, 0.25) is 5.62 Å². The highest BCUT2D eigenvalue weighted by Gasteiger charge is 2.28. The summed E-state index contributed by atoms with van der Waals surface area (Å²) in [6.07, 6.45) is -1.03. The van der Waals surface area contributed by atoms with Crippen LogP contribution in [0.5, 0.6) is 11.5 Å². The number of nitrogens with zero attached hydrogens (tertiary/aromatic N) is 2. The fraction of sp³-hybridized carbons (Fsp3) is 0.364. The van der Waals surface area contributed by atoms with Gasteiger partial charge in [0.15, 0.2) is 11.9 Å². The molecule has 0 aliphatic heterocycles. The van der Waals surface area contributed by atoms with Gasteiger partial charge < -0.3 is 24.1 Å². The van der Waals surface area contributed by atoms with Crippen molar-refractivity contribution < 1.29 is 24.5 Å². The van der Waals surface area contributed by atoms with E-state index in [1.165, 1.54) is 6.92 Å². The number of nitrogens with one attached hydrogen (secondary N) is 1. The van der Waals surface area contributed by atoms with Gasteiger partial charge in [-0.1, -0.05) is 71.9 Å². The zero-order valence-electron chi connectivity index (χ0n) is 25.2. The number of ether oxygens (including phenoxy) is 1. The minimum Gasteiger partial charge on any atom is -0.507 e. The number of aromatic hydroxyl groups is 1. The number of aromatic nitrogens is 2. The van der Waals surface area contributed by atoms with E-state index in [4.69, 9.17) is 10.1 Å². The van der Waals surface area contributed by atoms with Crippen molar-refractivity contribution in [1.29, 1.82) is 5.41 Å². The number of Topliss-reactive ketones (excluding diaryl/α,β-unsaturated/α-hetero) is 1. The zero-order chi connectivity index (χ0) is 30.3. The number of hydrogen-bond acceptors (Lipinski definition) is 5. The Kier molecular flexibility index (Phi) is 9.32. The molecule has 1 aromatic heterocycles. The number of hydrogen-bond donors (Lipinski definition) is 3. The van der Waals surface area contributed by atoms with Crippen molar-refractivity contribution in [2.75, 3.05) is 0 Å². The van der Waals surface area contributed by atoms with E-state index in [1.54, 1.807) is 33.4 Å². The van der Waals surface area contributed by atoms with Crippen LogP contribution in [0.4, 0.5) is 0 Å². The van der Waals surface area contributed by atoms with Gasteiger partial charge >= 0.3 is 5.97 Å². The molecule has 42 heavy (non-hydrogen) atoms. The number of carbonyl (C=O) groups excluding carboxylic acids is 1. The second kappa shape index (κ2) is 12.1. The third kappa shape index (κ3) is 6.54. The fourth-order valence-corrected chi connectivity index (χ4v) is 4.95. The number of benzene rings is 3.